The summed E-state index contributed by atoms with van der Waals surface area (Å²) in [5.74, 6) is 1.21. The van der Waals surface area contributed by atoms with Crippen molar-refractivity contribution in [3.63, 3.8) is 0 Å². The van der Waals surface area contributed by atoms with Crippen molar-refractivity contribution in [2.75, 3.05) is 19.4 Å². The van der Waals surface area contributed by atoms with Gasteiger partial charge in [-0.3, -0.25) is 4.79 Å². The maximum Gasteiger partial charge on any atom is 0.244 e. The third kappa shape index (κ3) is 3.85. The fourth-order valence-electron chi connectivity index (χ4n) is 1.37. The van der Waals surface area contributed by atoms with Crippen LogP contribution in [-0.2, 0) is 11.2 Å². The highest BCUT2D eigenvalue weighted by Gasteiger charge is 2.15. The number of aryl methyl sites for hydroxylation is 1. The third-order valence-corrected chi connectivity index (χ3v) is 2.43. The van der Waals surface area contributed by atoms with Crippen LogP contribution >= 0.6 is 11.6 Å². The summed E-state index contributed by atoms with van der Waals surface area (Å²) in [6.45, 7) is 3.73. The van der Waals surface area contributed by atoms with Gasteiger partial charge in [0.15, 0.2) is 0 Å². The highest BCUT2D eigenvalue weighted by molar-refractivity contribution is 6.29. The van der Waals surface area contributed by atoms with Crippen LogP contribution in [0.1, 0.15) is 19.7 Å². The summed E-state index contributed by atoms with van der Waals surface area (Å²) < 4.78 is 0. The van der Waals surface area contributed by atoms with Crippen LogP contribution in [0.25, 0.3) is 0 Å². The number of anilines is 1. The van der Waals surface area contributed by atoms with Crippen LogP contribution in [-0.4, -0.2) is 40.9 Å². The molecule has 0 saturated carbocycles. The molecule has 17 heavy (non-hydrogen) atoms. The lowest BCUT2D eigenvalue weighted by atomic mass is 10.3. The molecule has 0 fully saturated rings. The molecule has 1 aromatic rings. The molecule has 1 N–H and O–H groups in total. The van der Waals surface area contributed by atoms with E-state index in [0.717, 1.165) is 0 Å². The van der Waals surface area contributed by atoms with E-state index in [1.165, 1.54) is 4.90 Å². The number of halogens is 1. The summed E-state index contributed by atoms with van der Waals surface area (Å²) in [5, 5.41) is 3.39. The van der Waals surface area contributed by atoms with Crippen molar-refractivity contribution in [3.05, 3.63) is 17.0 Å². The summed E-state index contributed by atoms with van der Waals surface area (Å²) in [4.78, 5) is 21.5. The number of likely N-dealkylation sites (N-methyl/N-ethyl adjacent to an activating group) is 1. The van der Waals surface area contributed by atoms with Crippen molar-refractivity contribution in [2.45, 2.75) is 26.3 Å². The minimum absolute atomic E-state index is 0.0159. The third-order valence-electron chi connectivity index (χ3n) is 2.23. The van der Waals surface area contributed by atoms with E-state index in [9.17, 15) is 4.79 Å². The van der Waals surface area contributed by atoms with Gasteiger partial charge in [0.2, 0.25) is 5.91 Å². The van der Waals surface area contributed by atoms with Crippen LogP contribution in [0.2, 0.25) is 5.15 Å². The molecule has 6 heteroatoms. The van der Waals surface area contributed by atoms with Gasteiger partial charge in [-0.25, -0.2) is 9.97 Å². The molecular weight excluding hydrogens is 240 g/mol. The van der Waals surface area contributed by atoms with Crippen LogP contribution in [0, 0.1) is 0 Å². The lowest BCUT2D eigenvalue weighted by Crippen LogP contribution is -2.36. The predicted octanol–water partition coefficient (Wildman–Crippen LogP) is 1.58. The van der Waals surface area contributed by atoms with Gasteiger partial charge in [-0.15, -0.1) is 0 Å². The normalized spacial score (nSPS) is 12.1. The number of carbonyl (C=O) groups excluding carboxylic acids is 1. The Hall–Kier alpha value is -1.36. The standard InChI is InChI=1S/C11H17ClN4O/c1-5-9-14-8(12)6-10(15-9)13-7(2)11(17)16(3)4/h6-7H,5H2,1-4H3,(H,13,14,15). The molecule has 0 aliphatic rings. The number of nitrogens with zero attached hydrogens (tertiary/aromatic N) is 3. The van der Waals surface area contributed by atoms with Crippen molar-refractivity contribution in [1.29, 1.82) is 0 Å². The van der Waals surface area contributed by atoms with Gasteiger partial charge in [-0.1, -0.05) is 18.5 Å². The number of hydrogen-bond acceptors (Lipinski definition) is 4. The fourth-order valence-corrected chi connectivity index (χ4v) is 1.57. The second-order valence-electron chi connectivity index (χ2n) is 3.94. The minimum Gasteiger partial charge on any atom is -0.358 e. The van der Waals surface area contributed by atoms with Crippen LogP contribution < -0.4 is 5.32 Å². The maximum atomic E-state index is 11.7. The van der Waals surface area contributed by atoms with E-state index in [1.807, 2.05) is 6.92 Å². The number of amides is 1. The highest BCUT2D eigenvalue weighted by atomic mass is 35.5. The molecule has 1 aromatic heterocycles. The number of carbonyl (C=O) groups is 1. The summed E-state index contributed by atoms with van der Waals surface area (Å²) in [5.41, 5.74) is 0. The molecule has 0 aliphatic carbocycles. The molecule has 5 nitrogen and oxygen atoms in total. The van der Waals surface area contributed by atoms with Gasteiger partial charge in [0.25, 0.3) is 0 Å². The Morgan fingerprint density at radius 3 is 2.71 bits per heavy atom. The number of nitrogens with one attached hydrogen (secondary N) is 1. The number of hydrogen-bond donors (Lipinski definition) is 1. The topological polar surface area (TPSA) is 58.1 Å². The van der Waals surface area contributed by atoms with E-state index in [1.54, 1.807) is 27.1 Å². The first-order valence-corrected chi connectivity index (χ1v) is 5.83. The molecule has 1 atom stereocenters. The molecule has 0 aliphatic heterocycles. The molecule has 0 radical (unpaired) electrons. The van der Waals surface area contributed by atoms with Gasteiger partial charge in [-0.05, 0) is 6.92 Å². The van der Waals surface area contributed by atoms with E-state index in [2.05, 4.69) is 15.3 Å². The Morgan fingerprint density at radius 2 is 2.18 bits per heavy atom. The number of aromatic nitrogens is 2. The van der Waals surface area contributed by atoms with Crippen LogP contribution in [0.3, 0.4) is 0 Å². The van der Waals surface area contributed by atoms with Gasteiger partial charge in [0.1, 0.15) is 22.8 Å². The van der Waals surface area contributed by atoms with Crippen LogP contribution in [0.15, 0.2) is 6.07 Å². The van der Waals surface area contributed by atoms with Crippen molar-refractivity contribution < 1.29 is 4.79 Å². The second-order valence-corrected chi connectivity index (χ2v) is 4.33. The summed E-state index contributed by atoms with van der Waals surface area (Å²) >= 11 is 5.87. The van der Waals surface area contributed by atoms with Crippen LogP contribution in [0.4, 0.5) is 5.82 Å². The first-order chi connectivity index (χ1) is 7.93. The monoisotopic (exact) mass is 256 g/mol. The van der Waals surface area contributed by atoms with Gasteiger partial charge in [-0.2, -0.15) is 0 Å². The average molecular weight is 257 g/mol. The molecule has 0 bridgehead atoms. The van der Waals surface area contributed by atoms with E-state index >= 15 is 0 Å². The molecular formula is C11H17ClN4O. The molecule has 1 amide bonds. The molecule has 1 heterocycles. The Kier molecular flexibility index (Phi) is 4.69. The lowest BCUT2D eigenvalue weighted by Gasteiger charge is -2.18. The van der Waals surface area contributed by atoms with Gasteiger partial charge in [0.05, 0.1) is 0 Å². The Morgan fingerprint density at radius 1 is 1.53 bits per heavy atom. The van der Waals surface area contributed by atoms with E-state index < -0.39 is 0 Å². The largest absolute Gasteiger partial charge is 0.358 e. The summed E-state index contributed by atoms with van der Waals surface area (Å²) in [6.07, 6.45) is 0.700. The first kappa shape index (κ1) is 13.7. The van der Waals surface area contributed by atoms with E-state index in [4.69, 9.17) is 11.6 Å². The van der Waals surface area contributed by atoms with Gasteiger partial charge < -0.3 is 10.2 Å². The van der Waals surface area contributed by atoms with Gasteiger partial charge >= 0.3 is 0 Å². The molecule has 0 aromatic carbocycles. The second kappa shape index (κ2) is 5.82. The number of rotatable bonds is 4. The van der Waals surface area contributed by atoms with Crippen molar-refractivity contribution in [3.8, 4) is 0 Å². The quantitative estimate of drug-likeness (QED) is 0.831. The zero-order chi connectivity index (χ0) is 13.0. The van der Waals surface area contributed by atoms with Crippen molar-refractivity contribution in [1.82, 2.24) is 14.9 Å². The smallest absolute Gasteiger partial charge is 0.244 e. The Labute approximate surface area is 106 Å². The Bertz CT molecular complexity index is 408. The van der Waals surface area contributed by atoms with Crippen LogP contribution in [0.5, 0.6) is 0 Å². The minimum atomic E-state index is -0.347. The first-order valence-electron chi connectivity index (χ1n) is 5.45. The van der Waals surface area contributed by atoms with Gasteiger partial charge in [0, 0.05) is 26.6 Å². The lowest BCUT2D eigenvalue weighted by molar-refractivity contribution is -0.129. The maximum absolute atomic E-state index is 11.7. The average Bonchev–Trinajstić information content (AvgIpc) is 2.26. The van der Waals surface area contributed by atoms with Crippen molar-refractivity contribution >= 4 is 23.3 Å². The highest BCUT2D eigenvalue weighted by Crippen LogP contribution is 2.13. The predicted molar refractivity (Wildman–Crippen MR) is 68.2 cm³/mol. The molecule has 0 spiro atoms. The molecule has 1 rings (SSSR count). The fraction of sp³-hybridized carbons (Fsp3) is 0.545. The molecule has 94 valence electrons. The molecule has 1 unspecified atom stereocenters. The van der Waals surface area contributed by atoms with Crippen molar-refractivity contribution in [2.24, 2.45) is 0 Å². The molecule has 0 saturated heterocycles. The summed E-state index contributed by atoms with van der Waals surface area (Å²) in [6, 6.07) is 1.26. The van der Waals surface area contributed by atoms with E-state index in [-0.39, 0.29) is 11.9 Å². The Balaban J connectivity index is 2.81. The van der Waals surface area contributed by atoms with E-state index in [0.29, 0.717) is 23.2 Å². The zero-order valence-electron chi connectivity index (χ0n) is 10.5. The zero-order valence-corrected chi connectivity index (χ0v) is 11.2. The SMILES string of the molecule is CCc1nc(Cl)cc(NC(C)C(=O)N(C)C)n1. The summed E-state index contributed by atoms with van der Waals surface area (Å²) in [7, 11) is 3.43.